The van der Waals surface area contributed by atoms with Crippen LogP contribution in [-0.4, -0.2) is 6.54 Å². The Morgan fingerprint density at radius 3 is 2.43 bits per heavy atom. The molecule has 0 aliphatic carbocycles. The monoisotopic (exact) mass is 341 g/mol. The van der Waals surface area contributed by atoms with Gasteiger partial charge in [-0.05, 0) is 54.8 Å². The van der Waals surface area contributed by atoms with Crippen LogP contribution in [0.2, 0.25) is 15.1 Å². The fraction of sp³-hybridized carbons (Fsp3) is 0.294. The highest BCUT2D eigenvalue weighted by atomic mass is 35.5. The predicted molar refractivity (Wildman–Crippen MR) is 92.8 cm³/mol. The molecular weight excluding hydrogens is 325 g/mol. The van der Waals surface area contributed by atoms with Crippen LogP contribution in [0.5, 0.6) is 0 Å². The Balaban J connectivity index is 2.49. The number of benzene rings is 2. The van der Waals surface area contributed by atoms with Gasteiger partial charge in [0.05, 0.1) is 6.04 Å². The van der Waals surface area contributed by atoms with Crippen molar-refractivity contribution >= 4 is 34.8 Å². The highest BCUT2D eigenvalue weighted by molar-refractivity contribution is 6.35. The fourth-order valence-electron chi connectivity index (χ4n) is 2.35. The van der Waals surface area contributed by atoms with E-state index in [1.54, 1.807) is 6.07 Å². The van der Waals surface area contributed by atoms with E-state index >= 15 is 0 Å². The van der Waals surface area contributed by atoms with Crippen LogP contribution >= 0.6 is 34.8 Å². The second kappa shape index (κ2) is 7.51. The van der Waals surface area contributed by atoms with Crippen molar-refractivity contribution in [1.82, 2.24) is 5.32 Å². The third-order valence-electron chi connectivity index (χ3n) is 3.49. The average Bonchev–Trinajstić information content (AvgIpc) is 2.45. The van der Waals surface area contributed by atoms with Gasteiger partial charge in [-0.3, -0.25) is 0 Å². The topological polar surface area (TPSA) is 12.0 Å². The van der Waals surface area contributed by atoms with E-state index in [0.717, 1.165) is 34.7 Å². The lowest BCUT2D eigenvalue weighted by atomic mass is 9.94. The second-order valence-electron chi connectivity index (χ2n) is 5.01. The predicted octanol–water partition coefficient (Wildman–Crippen LogP) is 6.04. The van der Waals surface area contributed by atoms with Crippen molar-refractivity contribution < 1.29 is 0 Å². The average molecular weight is 343 g/mol. The van der Waals surface area contributed by atoms with Gasteiger partial charge >= 0.3 is 0 Å². The Labute approximate surface area is 141 Å². The van der Waals surface area contributed by atoms with E-state index in [1.165, 1.54) is 0 Å². The van der Waals surface area contributed by atoms with Crippen LogP contribution in [0.15, 0.2) is 36.4 Å². The maximum atomic E-state index is 6.39. The number of halogens is 3. The number of hydrogen-bond acceptors (Lipinski definition) is 1. The van der Waals surface area contributed by atoms with Crippen molar-refractivity contribution in [2.24, 2.45) is 0 Å². The summed E-state index contributed by atoms with van der Waals surface area (Å²) in [5, 5.41) is 5.61. The zero-order valence-electron chi connectivity index (χ0n) is 12.1. The first-order valence-corrected chi connectivity index (χ1v) is 8.11. The van der Waals surface area contributed by atoms with Gasteiger partial charge in [0.1, 0.15) is 0 Å². The zero-order valence-corrected chi connectivity index (χ0v) is 14.4. The lowest BCUT2D eigenvalue weighted by molar-refractivity contribution is 0.596. The molecule has 1 atom stereocenters. The van der Waals surface area contributed by atoms with Gasteiger partial charge in [-0.2, -0.15) is 0 Å². The molecule has 4 heteroatoms. The summed E-state index contributed by atoms with van der Waals surface area (Å²) in [6.07, 6.45) is 1.04. The maximum Gasteiger partial charge on any atom is 0.0594 e. The van der Waals surface area contributed by atoms with Crippen LogP contribution in [0.4, 0.5) is 0 Å². The summed E-state index contributed by atoms with van der Waals surface area (Å²) in [7, 11) is 0. The Hall–Kier alpha value is -0.730. The summed E-state index contributed by atoms with van der Waals surface area (Å²) in [6, 6.07) is 11.6. The normalized spacial score (nSPS) is 12.4. The lowest BCUT2D eigenvalue weighted by Crippen LogP contribution is -2.24. The minimum atomic E-state index is 0.00779. The van der Waals surface area contributed by atoms with Gasteiger partial charge in [-0.25, -0.2) is 0 Å². The minimum Gasteiger partial charge on any atom is -0.306 e. The molecule has 0 fully saturated rings. The van der Waals surface area contributed by atoms with E-state index in [4.69, 9.17) is 34.8 Å². The van der Waals surface area contributed by atoms with Crippen LogP contribution in [0.1, 0.15) is 36.1 Å². The van der Waals surface area contributed by atoms with E-state index in [-0.39, 0.29) is 6.04 Å². The Morgan fingerprint density at radius 1 is 1.00 bits per heavy atom. The van der Waals surface area contributed by atoms with Crippen molar-refractivity contribution in [3.05, 3.63) is 68.2 Å². The summed E-state index contributed by atoms with van der Waals surface area (Å²) in [5.74, 6) is 0. The van der Waals surface area contributed by atoms with Crippen LogP contribution in [0, 0.1) is 6.92 Å². The third-order valence-corrected chi connectivity index (χ3v) is 4.46. The van der Waals surface area contributed by atoms with Gasteiger partial charge in [-0.15, -0.1) is 0 Å². The number of hydrogen-bond donors (Lipinski definition) is 1. The molecule has 0 radical (unpaired) electrons. The number of nitrogens with one attached hydrogen (secondary N) is 1. The number of rotatable bonds is 5. The molecule has 1 unspecified atom stereocenters. The van der Waals surface area contributed by atoms with E-state index < -0.39 is 0 Å². The summed E-state index contributed by atoms with van der Waals surface area (Å²) in [4.78, 5) is 0. The molecule has 0 aromatic heterocycles. The molecule has 0 amide bonds. The van der Waals surface area contributed by atoms with Crippen molar-refractivity contribution in [2.45, 2.75) is 26.3 Å². The molecule has 2 rings (SSSR count). The van der Waals surface area contributed by atoms with Gasteiger partial charge in [0.2, 0.25) is 0 Å². The SMILES string of the molecule is CCCNC(c1ccc(Cl)cc1Cl)c1cccc(Cl)c1C. The molecule has 1 N–H and O–H groups in total. The van der Waals surface area contributed by atoms with Crippen molar-refractivity contribution in [3.63, 3.8) is 0 Å². The molecule has 0 aliphatic rings. The lowest BCUT2D eigenvalue weighted by Gasteiger charge is -2.23. The van der Waals surface area contributed by atoms with E-state index in [2.05, 4.69) is 18.3 Å². The molecular formula is C17H18Cl3N. The van der Waals surface area contributed by atoms with Gasteiger partial charge in [0.25, 0.3) is 0 Å². The smallest absolute Gasteiger partial charge is 0.0594 e. The molecule has 1 nitrogen and oxygen atoms in total. The van der Waals surface area contributed by atoms with Crippen molar-refractivity contribution in [2.75, 3.05) is 6.54 Å². The summed E-state index contributed by atoms with van der Waals surface area (Å²) in [6.45, 7) is 5.07. The highest BCUT2D eigenvalue weighted by Crippen LogP contribution is 2.33. The first-order chi connectivity index (χ1) is 10.0. The van der Waals surface area contributed by atoms with E-state index in [0.29, 0.717) is 10.0 Å². The molecule has 0 saturated heterocycles. The van der Waals surface area contributed by atoms with Gasteiger partial charge in [-0.1, -0.05) is 59.9 Å². The summed E-state index contributed by atoms with van der Waals surface area (Å²) >= 11 is 18.7. The summed E-state index contributed by atoms with van der Waals surface area (Å²) < 4.78 is 0. The molecule has 0 aliphatic heterocycles. The first kappa shape index (κ1) is 16.6. The largest absolute Gasteiger partial charge is 0.306 e. The molecule has 0 saturated carbocycles. The highest BCUT2D eigenvalue weighted by Gasteiger charge is 2.19. The molecule has 0 bridgehead atoms. The molecule has 21 heavy (non-hydrogen) atoms. The molecule has 2 aromatic rings. The van der Waals surface area contributed by atoms with Gasteiger partial charge < -0.3 is 5.32 Å². The first-order valence-electron chi connectivity index (χ1n) is 6.98. The van der Waals surface area contributed by atoms with Crippen LogP contribution < -0.4 is 5.32 Å². The molecule has 0 heterocycles. The third kappa shape index (κ3) is 3.92. The Kier molecular flexibility index (Phi) is 5.95. The Bertz CT molecular complexity index is 625. The van der Waals surface area contributed by atoms with Crippen molar-refractivity contribution in [3.8, 4) is 0 Å². The van der Waals surface area contributed by atoms with Crippen LogP contribution in [0.3, 0.4) is 0 Å². The van der Waals surface area contributed by atoms with Crippen LogP contribution in [0.25, 0.3) is 0 Å². The zero-order chi connectivity index (χ0) is 15.4. The fourth-order valence-corrected chi connectivity index (χ4v) is 3.05. The Morgan fingerprint density at radius 2 is 1.76 bits per heavy atom. The molecule has 0 spiro atoms. The van der Waals surface area contributed by atoms with E-state index in [9.17, 15) is 0 Å². The maximum absolute atomic E-state index is 6.39. The molecule has 2 aromatic carbocycles. The van der Waals surface area contributed by atoms with E-state index in [1.807, 2.05) is 31.2 Å². The van der Waals surface area contributed by atoms with Gasteiger partial charge in [0.15, 0.2) is 0 Å². The van der Waals surface area contributed by atoms with Crippen molar-refractivity contribution in [1.29, 1.82) is 0 Å². The minimum absolute atomic E-state index is 0.00779. The van der Waals surface area contributed by atoms with Gasteiger partial charge in [0, 0.05) is 15.1 Å². The second-order valence-corrected chi connectivity index (χ2v) is 6.26. The van der Waals surface area contributed by atoms with Crippen LogP contribution in [-0.2, 0) is 0 Å². The molecule has 112 valence electrons. The summed E-state index contributed by atoms with van der Waals surface area (Å²) in [5.41, 5.74) is 3.22. The standard InChI is InChI=1S/C17H18Cl3N/c1-3-9-21-17(13-5-4-6-15(19)11(13)2)14-8-7-12(18)10-16(14)20/h4-8,10,17,21H,3,9H2,1-2H3. The quantitative estimate of drug-likeness (QED) is 0.698.